The molecule has 0 unspecified atom stereocenters. The Balaban J connectivity index is 2.16. The maximum Gasteiger partial charge on any atom is 0.325 e. The van der Waals surface area contributed by atoms with Crippen molar-refractivity contribution in [2.45, 2.75) is 71.2 Å². The van der Waals surface area contributed by atoms with E-state index in [-0.39, 0.29) is 5.41 Å². The van der Waals surface area contributed by atoms with Crippen molar-refractivity contribution in [3.05, 3.63) is 12.1 Å². The van der Waals surface area contributed by atoms with Gasteiger partial charge in [0.2, 0.25) is 0 Å². The molecule has 0 aromatic carbocycles. The van der Waals surface area contributed by atoms with E-state index in [1.807, 2.05) is 0 Å². The van der Waals surface area contributed by atoms with E-state index in [1.165, 1.54) is 44.0 Å². The molecule has 90 valence electrons. The second-order valence-electron chi connectivity index (χ2n) is 6.58. The highest BCUT2D eigenvalue weighted by atomic mass is 16.4. The first-order valence-corrected chi connectivity index (χ1v) is 6.83. The number of rotatable bonds is 1. The Labute approximate surface area is 101 Å². The summed E-state index contributed by atoms with van der Waals surface area (Å²) in [7, 11) is 0. The second-order valence-corrected chi connectivity index (χ2v) is 6.58. The van der Waals surface area contributed by atoms with Crippen molar-refractivity contribution in [2.75, 3.05) is 0 Å². The van der Waals surface area contributed by atoms with Crippen LogP contribution in [0.5, 0.6) is 0 Å². The Hall–Kier alpha value is -0.235. The monoisotopic (exact) mass is 220 g/mol. The van der Waals surface area contributed by atoms with Crippen molar-refractivity contribution in [2.24, 2.45) is 5.41 Å². The van der Waals surface area contributed by atoms with Crippen LogP contribution in [-0.4, -0.2) is 13.0 Å². The summed E-state index contributed by atoms with van der Waals surface area (Å²) in [6, 6.07) is 0. The Bertz CT molecular complexity index is 256. The Morgan fingerprint density at radius 2 is 1.69 bits per heavy atom. The van der Waals surface area contributed by atoms with Gasteiger partial charge >= 0.3 is 6.92 Å². The summed E-state index contributed by atoms with van der Waals surface area (Å²) in [5, 5.41) is 0. The van der Waals surface area contributed by atoms with Crippen LogP contribution < -0.4 is 0 Å². The van der Waals surface area contributed by atoms with Gasteiger partial charge in [0.25, 0.3) is 0 Å². The van der Waals surface area contributed by atoms with Gasteiger partial charge in [0.15, 0.2) is 0 Å². The van der Waals surface area contributed by atoms with E-state index in [0.29, 0.717) is 13.0 Å². The molecule has 0 atom stereocenters. The van der Waals surface area contributed by atoms with Gasteiger partial charge < -0.3 is 4.65 Å². The lowest BCUT2D eigenvalue weighted by Gasteiger charge is -2.30. The number of hydrogen-bond acceptors (Lipinski definition) is 1. The first-order chi connectivity index (χ1) is 7.48. The van der Waals surface area contributed by atoms with Crippen molar-refractivity contribution < 1.29 is 4.65 Å². The van der Waals surface area contributed by atoms with Gasteiger partial charge in [-0.05, 0) is 24.1 Å². The van der Waals surface area contributed by atoms with Crippen LogP contribution in [-0.2, 0) is 4.65 Å². The van der Waals surface area contributed by atoms with Crippen LogP contribution in [0.4, 0.5) is 0 Å². The zero-order valence-corrected chi connectivity index (χ0v) is 11.1. The summed E-state index contributed by atoms with van der Waals surface area (Å²) >= 11 is 0. The fourth-order valence-electron chi connectivity index (χ4n) is 3.05. The van der Waals surface area contributed by atoms with E-state index >= 15 is 0 Å². The molecule has 0 radical (unpaired) electrons. The van der Waals surface area contributed by atoms with E-state index in [9.17, 15) is 0 Å². The zero-order valence-electron chi connectivity index (χ0n) is 11.1. The Morgan fingerprint density at radius 1 is 1.12 bits per heavy atom. The molecule has 0 aromatic heterocycles. The molecule has 0 aliphatic carbocycles. The minimum Gasteiger partial charge on any atom is -0.428 e. The minimum atomic E-state index is 0.183. The molecular formula is C14H25BO. The smallest absolute Gasteiger partial charge is 0.325 e. The molecule has 2 heteroatoms. The minimum absolute atomic E-state index is 0.183. The first kappa shape index (κ1) is 12.2. The lowest BCUT2D eigenvalue weighted by atomic mass is 9.44. The average molecular weight is 220 g/mol. The molecular weight excluding hydrogens is 195 g/mol. The molecule has 2 fully saturated rings. The van der Waals surface area contributed by atoms with Crippen LogP contribution in [0.15, 0.2) is 12.1 Å². The largest absolute Gasteiger partial charge is 0.428 e. The number of allylic oxidation sites excluding steroid dienone is 1. The van der Waals surface area contributed by atoms with Crippen molar-refractivity contribution in [3.63, 3.8) is 0 Å². The van der Waals surface area contributed by atoms with Gasteiger partial charge in [-0.2, -0.15) is 0 Å². The second kappa shape index (κ2) is 4.56. The third-order valence-electron chi connectivity index (χ3n) is 4.28. The Morgan fingerprint density at radius 3 is 2.19 bits per heavy atom. The highest BCUT2D eigenvalue weighted by molar-refractivity contribution is 6.62. The predicted octanol–water partition coefficient (Wildman–Crippen LogP) is 4.24. The molecule has 2 heterocycles. The SMILES string of the molecule is C=C(B1OC2CCCC1CCC2)C(C)(C)C. The summed E-state index contributed by atoms with van der Waals surface area (Å²) in [5.41, 5.74) is 1.49. The Kier molecular flexibility index (Phi) is 3.49. The van der Waals surface area contributed by atoms with Crippen molar-refractivity contribution in [3.8, 4) is 0 Å². The normalized spacial score (nSPS) is 31.1. The van der Waals surface area contributed by atoms with Gasteiger partial charge in [-0.1, -0.05) is 51.9 Å². The van der Waals surface area contributed by atoms with E-state index in [0.717, 1.165) is 5.82 Å². The third kappa shape index (κ3) is 2.53. The van der Waals surface area contributed by atoms with Gasteiger partial charge in [0.05, 0.1) is 0 Å². The van der Waals surface area contributed by atoms with Gasteiger partial charge in [-0.25, -0.2) is 0 Å². The molecule has 16 heavy (non-hydrogen) atoms. The van der Waals surface area contributed by atoms with Crippen LogP contribution in [0.2, 0.25) is 5.82 Å². The first-order valence-electron chi connectivity index (χ1n) is 6.83. The molecule has 2 saturated heterocycles. The lowest BCUT2D eigenvalue weighted by Crippen LogP contribution is -2.33. The highest BCUT2D eigenvalue weighted by Crippen LogP contribution is 2.41. The molecule has 2 aliphatic rings. The van der Waals surface area contributed by atoms with Crippen LogP contribution in [0.25, 0.3) is 0 Å². The van der Waals surface area contributed by atoms with Crippen LogP contribution in [0.3, 0.4) is 0 Å². The summed E-state index contributed by atoms with van der Waals surface area (Å²) in [6.07, 6.45) is 8.44. The van der Waals surface area contributed by atoms with Crippen LogP contribution >= 0.6 is 0 Å². The topological polar surface area (TPSA) is 9.23 Å². The van der Waals surface area contributed by atoms with E-state index < -0.39 is 0 Å². The number of fused-ring (bicyclic) bond motifs is 3. The van der Waals surface area contributed by atoms with E-state index in [2.05, 4.69) is 27.4 Å². The van der Waals surface area contributed by atoms with Crippen LogP contribution in [0, 0.1) is 5.41 Å². The number of hydrogen-bond donors (Lipinski definition) is 0. The quantitative estimate of drug-likeness (QED) is 0.600. The molecule has 2 aliphatic heterocycles. The van der Waals surface area contributed by atoms with E-state index in [1.54, 1.807) is 0 Å². The summed E-state index contributed by atoms with van der Waals surface area (Å²) < 4.78 is 6.32. The van der Waals surface area contributed by atoms with Gasteiger partial charge in [-0.3, -0.25) is 0 Å². The standard InChI is InChI=1S/C14H25BO/c1-11(14(2,3)4)15-12-7-5-9-13(16-15)10-6-8-12/h12-13H,1,5-10H2,2-4H3. The molecule has 0 amide bonds. The summed E-state index contributed by atoms with van der Waals surface area (Å²) in [5.74, 6) is 0.735. The predicted molar refractivity (Wildman–Crippen MR) is 70.7 cm³/mol. The lowest BCUT2D eigenvalue weighted by molar-refractivity contribution is 0.188. The summed E-state index contributed by atoms with van der Waals surface area (Å²) in [6.45, 7) is 11.4. The van der Waals surface area contributed by atoms with Crippen molar-refractivity contribution in [1.82, 2.24) is 0 Å². The van der Waals surface area contributed by atoms with Gasteiger partial charge in [0.1, 0.15) is 0 Å². The maximum atomic E-state index is 6.32. The molecule has 1 nitrogen and oxygen atoms in total. The molecule has 0 N–H and O–H groups in total. The third-order valence-corrected chi connectivity index (χ3v) is 4.28. The molecule has 0 saturated carbocycles. The van der Waals surface area contributed by atoms with Crippen molar-refractivity contribution >= 4 is 6.92 Å². The van der Waals surface area contributed by atoms with E-state index in [4.69, 9.17) is 4.65 Å². The molecule has 2 rings (SSSR count). The maximum absolute atomic E-state index is 6.32. The fraction of sp³-hybridized carbons (Fsp3) is 0.857. The molecule has 2 bridgehead atoms. The van der Waals surface area contributed by atoms with Gasteiger partial charge in [-0.15, -0.1) is 6.58 Å². The zero-order chi connectivity index (χ0) is 11.8. The van der Waals surface area contributed by atoms with Crippen LogP contribution in [0.1, 0.15) is 59.3 Å². The van der Waals surface area contributed by atoms with Crippen molar-refractivity contribution in [1.29, 1.82) is 0 Å². The molecule has 0 aromatic rings. The summed E-state index contributed by atoms with van der Waals surface area (Å²) in [4.78, 5) is 0. The fourth-order valence-corrected chi connectivity index (χ4v) is 3.05. The average Bonchev–Trinajstić information content (AvgIpc) is 2.45. The van der Waals surface area contributed by atoms with Gasteiger partial charge in [0, 0.05) is 6.10 Å². The highest BCUT2D eigenvalue weighted by Gasteiger charge is 2.40. The molecule has 0 spiro atoms.